The van der Waals surface area contributed by atoms with Gasteiger partial charge in [0, 0.05) is 12.3 Å². The second-order valence-corrected chi connectivity index (χ2v) is 13.5. The van der Waals surface area contributed by atoms with Crippen LogP contribution in [0.4, 0.5) is 0 Å². The normalized spacial score (nSPS) is 21.6. The number of hydrogen-bond acceptors (Lipinski definition) is 6. The third kappa shape index (κ3) is 6.60. The van der Waals surface area contributed by atoms with Crippen LogP contribution < -0.4 is 0 Å². The Morgan fingerprint density at radius 1 is 0.951 bits per heavy atom. The molecule has 6 nitrogen and oxygen atoms in total. The number of ketones is 1. The number of cyclic esters (lactones) is 1. The van der Waals surface area contributed by atoms with Crippen molar-refractivity contribution < 1.29 is 22.7 Å². The highest BCUT2D eigenvalue weighted by molar-refractivity contribution is 7.90. The number of carbonyl (C=O) groups is 2. The summed E-state index contributed by atoms with van der Waals surface area (Å²) < 4.78 is 32.4. The average Bonchev–Trinajstić information content (AvgIpc) is 3.80. The molecule has 2 aliphatic rings. The van der Waals surface area contributed by atoms with Gasteiger partial charge in [0.25, 0.3) is 0 Å². The highest BCUT2D eigenvalue weighted by Gasteiger charge is 2.52. The van der Waals surface area contributed by atoms with Gasteiger partial charge < -0.3 is 4.74 Å². The number of rotatable bonds is 11. The van der Waals surface area contributed by atoms with Crippen LogP contribution in [-0.2, 0) is 36.3 Å². The number of sulfone groups is 1. The van der Waals surface area contributed by atoms with E-state index in [4.69, 9.17) is 10.00 Å². The summed E-state index contributed by atoms with van der Waals surface area (Å²) in [4.78, 5) is 27.6. The van der Waals surface area contributed by atoms with Crippen molar-refractivity contribution in [3.8, 4) is 6.07 Å². The summed E-state index contributed by atoms with van der Waals surface area (Å²) >= 11 is 0. The molecular weight excluding hydrogens is 534 g/mol. The van der Waals surface area contributed by atoms with Crippen molar-refractivity contribution in [1.29, 1.82) is 5.26 Å². The molecule has 5 rings (SSSR count). The highest BCUT2D eigenvalue weighted by Crippen LogP contribution is 2.50. The zero-order valence-electron chi connectivity index (χ0n) is 23.3. The molecule has 0 radical (unpaired) electrons. The molecular formula is C34H35NO5S. The first-order chi connectivity index (χ1) is 19.7. The number of ether oxygens (including phenoxy) is 1. The summed E-state index contributed by atoms with van der Waals surface area (Å²) in [5.41, 5.74) is 2.16. The van der Waals surface area contributed by atoms with E-state index in [0.717, 1.165) is 36.8 Å². The molecule has 1 heterocycles. The maximum absolute atomic E-state index is 13.8. The molecule has 3 aromatic rings. The van der Waals surface area contributed by atoms with Gasteiger partial charge in [-0.05, 0) is 79.0 Å². The minimum absolute atomic E-state index is 0.0738. The number of nitrogens with zero attached hydrogens (tertiary/aromatic N) is 1. The predicted molar refractivity (Wildman–Crippen MR) is 156 cm³/mol. The van der Waals surface area contributed by atoms with Gasteiger partial charge in [0.2, 0.25) is 0 Å². The van der Waals surface area contributed by atoms with Crippen molar-refractivity contribution in [3.63, 3.8) is 0 Å². The molecule has 1 aliphatic carbocycles. The first-order valence-corrected chi connectivity index (χ1v) is 16.0. The zero-order valence-corrected chi connectivity index (χ0v) is 24.1. The Morgan fingerprint density at radius 3 is 2.29 bits per heavy atom. The van der Waals surface area contributed by atoms with Crippen LogP contribution in [0.5, 0.6) is 0 Å². The van der Waals surface area contributed by atoms with Crippen LogP contribution in [0.25, 0.3) is 0 Å². The maximum Gasteiger partial charge on any atom is 0.317 e. The topological polar surface area (TPSA) is 101 Å². The van der Waals surface area contributed by atoms with Gasteiger partial charge in [-0.2, -0.15) is 5.26 Å². The van der Waals surface area contributed by atoms with Crippen molar-refractivity contribution in [2.24, 2.45) is 11.8 Å². The second kappa shape index (κ2) is 12.0. The van der Waals surface area contributed by atoms with Crippen LogP contribution in [-0.4, -0.2) is 25.8 Å². The van der Waals surface area contributed by atoms with E-state index in [1.807, 2.05) is 55.5 Å². The number of Topliss-reactive ketones (excluding diaryl/α,β-unsaturated/α-hetero) is 1. The Hall–Kier alpha value is -3.76. The molecule has 3 unspecified atom stereocenters. The lowest BCUT2D eigenvalue weighted by Gasteiger charge is -2.41. The first kappa shape index (κ1) is 28.8. The number of esters is 1. The lowest BCUT2D eigenvalue weighted by atomic mass is 9.73. The molecule has 2 fully saturated rings. The van der Waals surface area contributed by atoms with E-state index in [-0.39, 0.29) is 34.7 Å². The fraction of sp³-hybridized carbons (Fsp3) is 0.382. The van der Waals surface area contributed by atoms with Crippen LogP contribution in [0.1, 0.15) is 73.6 Å². The van der Waals surface area contributed by atoms with Crippen LogP contribution in [0.2, 0.25) is 0 Å². The van der Waals surface area contributed by atoms with Crippen molar-refractivity contribution >= 4 is 21.6 Å². The van der Waals surface area contributed by atoms with Gasteiger partial charge in [0.15, 0.2) is 15.6 Å². The third-order valence-corrected chi connectivity index (χ3v) is 10.1. The summed E-state index contributed by atoms with van der Waals surface area (Å²) in [6.07, 6.45) is 4.83. The number of hydrogen-bond donors (Lipinski definition) is 0. The summed E-state index contributed by atoms with van der Waals surface area (Å²) in [6, 6.07) is 25.2. The van der Waals surface area contributed by atoms with E-state index in [2.05, 4.69) is 0 Å². The lowest BCUT2D eigenvalue weighted by molar-refractivity contribution is -0.180. The van der Waals surface area contributed by atoms with E-state index in [1.54, 1.807) is 12.1 Å². The third-order valence-electron chi connectivity index (χ3n) is 8.36. The Labute approximate surface area is 242 Å². The highest BCUT2D eigenvalue weighted by atomic mass is 32.2. The lowest BCUT2D eigenvalue weighted by Crippen LogP contribution is -2.49. The molecule has 0 bridgehead atoms. The van der Waals surface area contributed by atoms with Crippen LogP contribution in [0, 0.1) is 23.2 Å². The smallest absolute Gasteiger partial charge is 0.317 e. The molecule has 3 aromatic carbocycles. The summed E-state index contributed by atoms with van der Waals surface area (Å²) in [6.45, 7) is 2.04. The largest absolute Gasteiger partial charge is 0.458 e. The fourth-order valence-electron chi connectivity index (χ4n) is 6.22. The zero-order chi connectivity index (χ0) is 29.0. The molecule has 3 atom stereocenters. The van der Waals surface area contributed by atoms with E-state index in [1.165, 1.54) is 24.3 Å². The molecule has 0 N–H and O–H groups in total. The second-order valence-electron chi connectivity index (χ2n) is 11.5. The number of aryl methyl sites for hydroxylation is 1. The Balaban J connectivity index is 1.36. The van der Waals surface area contributed by atoms with Crippen molar-refractivity contribution in [2.75, 3.05) is 0 Å². The molecule has 0 spiro atoms. The molecule has 7 heteroatoms. The standard InChI is InChI=1S/C34H35NO5S/c1-2-18-34(19-17-24-7-4-3-5-8-24)21-30(36)32(33(37)40-34)31(27-13-14-27)28-10-6-9-26(20-28)23-41(38,39)29-15-11-25(22-35)12-16-29/h3-12,15-16,20,27,31-32H,2,13-14,17-19,21,23H2,1H3. The van der Waals surface area contributed by atoms with E-state index >= 15 is 0 Å². The monoisotopic (exact) mass is 569 g/mol. The van der Waals surface area contributed by atoms with Crippen LogP contribution >= 0.6 is 0 Å². The van der Waals surface area contributed by atoms with Crippen LogP contribution in [0.3, 0.4) is 0 Å². The van der Waals surface area contributed by atoms with Gasteiger partial charge in [0.05, 0.1) is 22.3 Å². The van der Waals surface area contributed by atoms with Gasteiger partial charge in [-0.25, -0.2) is 8.42 Å². The molecule has 212 valence electrons. The Kier molecular flexibility index (Phi) is 8.42. The quantitative estimate of drug-likeness (QED) is 0.198. The van der Waals surface area contributed by atoms with Crippen molar-refractivity contribution in [1.82, 2.24) is 0 Å². The fourth-order valence-corrected chi connectivity index (χ4v) is 7.55. The summed E-state index contributed by atoms with van der Waals surface area (Å²) in [7, 11) is -3.65. The minimum Gasteiger partial charge on any atom is -0.458 e. The molecule has 1 saturated carbocycles. The SMILES string of the molecule is CCCC1(CCc2ccccc2)CC(=O)C(C(c2cccc(CS(=O)(=O)c3ccc(C#N)cc3)c2)C2CC2)C(=O)O1. The molecule has 1 aliphatic heterocycles. The molecule has 1 saturated heterocycles. The Bertz CT molecular complexity index is 1530. The van der Waals surface area contributed by atoms with Crippen molar-refractivity contribution in [2.45, 2.75) is 74.0 Å². The van der Waals surface area contributed by atoms with Gasteiger partial charge in [0.1, 0.15) is 11.5 Å². The number of carbonyl (C=O) groups excluding carboxylic acids is 2. The van der Waals surface area contributed by atoms with Gasteiger partial charge in [-0.1, -0.05) is 67.9 Å². The maximum atomic E-state index is 13.8. The number of benzene rings is 3. The van der Waals surface area contributed by atoms with E-state index in [9.17, 15) is 18.0 Å². The first-order valence-electron chi connectivity index (χ1n) is 14.3. The van der Waals surface area contributed by atoms with E-state index < -0.39 is 27.3 Å². The summed E-state index contributed by atoms with van der Waals surface area (Å²) in [5, 5.41) is 9.02. The molecule has 41 heavy (non-hydrogen) atoms. The minimum atomic E-state index is -3.65. The Morgan fingerprint density at radius 2 is 1.66 bits per heavy atom. The summed E-state index contributed by atoms with van der Waals surface area (Å²) in [5.74, 6) is -1.77. The van der Waals surface area contributed by atoms with Gasteiger partial charge in [-0.15, -0.1) is 0 Å². The van der Waals surface area contributed by atoms with Gasteiger partial charge in [-0.3, -0.25) is 9.59 Å². The molecule has 0 aromatic heterocycles. The average molecular weight is 570 g/mol. The van der Waals surface area contributed by atoms with E-state index in [0.29, 0.717) is 24.0 Å². The predicted octanol–water partition coefficient (Wildman–Crippen LogP) is 6.33. The van der Waals surface area contributed by atoms with Crippen molar-refractivity contribution in [3.05, 3.63) is 101 Å². The molecule has 0 amide bonds. The van der Waals surface area contributed by atoms with Crippen LogP contribution in [0.15, 0.2) is 83.8 Å². The van der Waals surface area contributed by atoms with Gasteiger partial charge >= 0.3 is 5.97 Å². The number of nitriles is 1.